The van der Waals surface area contributed by atoms with Crippen molar-refractivity contribution < 1.29 is 27.6 Å². The Balaban J connectivity index is 1.71. The molecule has 0 fully saturated rings. The van der Waals surface area contributed by atoms with Gasteiger partial charge < -0.3 is 18.6 Å². The van der Waals surface area contributed by atoms with E-state index in [2.05, 4.69) is 28.1 Å². The number of rotatable bonds is 11. The number of nitrogens with one attached hydrogen (secondary N) is 1. The van der Waals surface area contributed by atoms with E-state index in [-0.39, 0.29) is 37.9 Å². The van der Waals surface area contributed by atoms with Gasteiger partial charge in [0.2, 0.25) is 0 Å². The zero-order valence-corrected chi connectivity index (χ0v) is 25.6. The van der Waals surface area contributed by atoms with E-state index in [1.165, 1.54) is 18.2 Å². The molecule has 0 aliphatic rings. The minimum atomic E-state index is -1.38. The van der Waals surface area contributed by atoms with Gasteiger partial charge in [0.1, 0.15) is 22.9 Å². The van der Waals surface area contributed by atoms with Gasteiger partial charge in [-0.2, -0.15) is 0 Å². The molecule has 7 nitrogen and oxygen atoms in total. The number of benzene rings is 2. The highest BCUT2D eigenvalue weighted by molar-refractivity contribution is 7.90. The first-order valence-electron chi connectivity index (χ1n) is 13.9. The molecule has 0 saturated carbocycles. The molecule has 0 radical (unpaired) electrons. The lowest BCUT2D eigenvalue weighted by Crippen LogP contribution is -2.39. The molecule has 0 aliphatic carbocycles. The van der Waals surface area contributed by atoms with Crippen LogP contribution in [0.5, 0.6) is 5.75 Å². The van der Waals surface area contributed by atoms with E-state index in [0.29, 0.717) is 22.4 Å². The molecule has 1 N–H and O–H groups in total. The minimum Gasteiger partial charge on any atom is -0.598 e. The maximum absolute atomic E-state index is 15.9. The fourth-order valence-corrected chi connectivity index (χ4v) is 5.30. The topological polar surface area (TPSA) is 88.4 Å². The Morgan fingerprint density at radius 3 is 2.57 bits per heavy atom. The number of aromatic nitrogens is 2. The fraction of sp³-hybridized carbons (Fsp3) is 0.375. The molecule has 10 heteroatoms. The van der Waals surface area contributed by atoms with Crippen LogP contribution < -0.4 is 9.46 Å². The van der Waals surface area contributed by atoms with Crippen LogP contribution in [0.4, 0.5) is 8.78 Å². The van der Waals surface area contributed by atoms with Crippen LogP contribution in [-0.4, -0.2) is 31.4 Å². The Kier molecular flexibility index (Phi) is 9.91. The summed E-state index contributed by atoms with van der Waals surface area (Å²) in [5.74, 6) is -1.09. The maximum atomic E-state index is 15.9. The summed E-state index contributed by atoms with van der Waals surface area (Å²) in [6, 6.07) is 11.6. The van der Waals surface area contributed by atoms with E-state index < -0.39 is 33.7 Å². The second kappa shape index (κ2) is 13.2. The summed E-state index contributed by atoms with van der Waals surface area (Å²) in [7, 11) is 0. The molecular formula is C32H37F2N3O4S. The van der Waals surface area contributed by atoms with Crippen LogP contribution in [0.15, 0.2) is 54.9 Å². The molecule has 0 unspecified atom stereocenters. The predicted molar refractivity (Wildman–Crippen MR) is 161 cm³/mol. The molecule has 2 aromatic heterocycles. The second-order valence-electron chi connectivity index (χ2n) is 11.2. The summed E-state index contributed by atoms with van der Waals surface area (Å²) in [5.41, 5.74) is 3.23. The van der Waals surface area contributed by atoms with E-state index in [4.69, 9.17) is 9.47 Å². The van der Waals surface area contributed by atoms with Crippen LogP contribution in [0.25, 0.3) is 22.0 Å². The molecule has 0 bridgehead atoms. The van der Waals surface area contributed by atoms with Crippen molar-refractivity contribution in [3.8, 4) is 16.9 Å². The normalized spacial score (nSPS) is 12.6. The summed E-state index contributed by atoms with van der Waals surface area (Å²) in [5, 5.41) is 0.861. The monoisotopic (exact) mass is 597 g/mol. The van der Waals surface area contributed by atoms with Gasteiger partial charge in [0.25, 0.3) is 0 Å². The highest BCUT2D eigenvalue weighted by Crippen LogP contribution is 2.35. The molecule has 1 atom stereocenters. The number of esters is 1. The third kappa shape index (κ3) is 7.29. The van der Waals surface area contributed by atoms with Crippen LogP contribution >= 0.6 is 0 Å². The summed E-state index contributed by atoms with van der Waals surface area (Å²) in [6.45, 7) is 11.7. The van der Waals surface area contributed by atoms with Crippen molar-refractivity contribution in [2.24, 2.45) is 0 Å². The number of fused-ring (bicyclic) bond motifs is 1. The van der Waals surface area contributed by atoms with Gasteiger partial charge >= 0.3 is 5.97 Å². The number of nitrogens with zero attached hydrogens (tertiary/aromatic N) is 2. The molecular weight excluding hydrogens is 560 g/mol. The lowest BCUT2D eigenvalue weighted by atomic mass is 9.98. The first-order valence-corrected chi connectivity index (χ1v) is 15.0. The molecule has 0 amide bonds. The quantitative estimate of drug-likeness (QED) is 0.151. The Labute approximate surface area is 248 Å². The molecule has 0 aliphatic heterocycles. The average molecular weight is 598 g/mol. The van der Waals surface area contributed by atoms with Crippen LogP contribution in [0.2, 0.25) is 0 Å². The predicted octanol–water partition coefficient (Wildman–Crippen LogP) is 6.80. The standard InChI is InChI=1S/C32H37F2N3O4S/c1-7-40-30(38)17-22-16-23(33)8-9-29(22)41-19-21-14-26(24-11-13-37(20(2)3)28(24)15-21)25-10-12-35-27(31(25)34)18-36-42(39)32(4,5)6/h8-16,20,36H,7,17-19H2,1-6H3/t42-/m0/s1. The first kappa shape index (κ1) is 31.5. The molecule has 2 heterocycles. The highest BCUT2D eigenvalue weighted by atomic mass is 32.2. The van der Waals surface area contributed by atoms with Gasteiger partial charge in [-0.15, -0.1) is 4.72 Å². The number of pyridine rings is 1. The minimum absolute atomic E-state index is 0.0102. The summed E-state index contributed by atoms with van der Waals surface area (Å²) in [4.78, 5) is 16.3. The van der Waals surface area contributed by atoms with E-state index in [1.807, 2.05) is 45.2 Å². The molecule has 4 rings (SSSR count). The van der Waals surface area contributed by atoms with Crippen molar-refractivity contribution in [3.63, 3.8) is 0 Å². The van der Waals surface area contributed by atoms with Crippen LogP contribution in [0.3, 0.4) is 0 Å². The van der Waals surface area contributed by atoms with Crippen LogP contribution in [-0.2, 0) is 40.5 Å². The molecule has 224 valence electrons. The maximum Gasteiger partial charge on any atom is 0.310 e. The van der Waals surface area contributed by atoms with Crippen molar-refractivity contribution in [2.75, 3.05) is 6.61 Å². The van der Waals surface area contributed by atoms with E-state index in [1.54, 1.807) is 19.2 Å². The Morgan fingerprint density at radius 1 is 1.12 bits per heavy atom. The van der Waals surface area contributed by atoms with Gasteiger partial charge in [-0.3, -0.25) is 9.78 Å². The van der Waals surface area contributed by atoms with Crippen LogP contribution in [0, 0.1) is 11.6 Å². The number of carbonyl (C=O) groups excluding carboxylic acids is 1. The molecule has 0 saturated heterocycles. The number of carbonyl (C=O) groups is 1. The van der Waals surface area contributed by atoms with Gasteiger partial charge in [0, 0.05) is 51.8 Å². The zero-order chi connectivity index (χ0) is 30.6. The SMILES string of the molecule is CCOC(=O)Cc1cc(F)ccc1OCc1cc(-c2ccnc(CN[S@@+]([O-])C(C)(C)C)c2F)c2ccn(C(C)C)c2c1. The third-order valence-electron chi connectivity index (χ3n) is 6.69. The van der Waals surface area contributed by atoms with Crippen LogP contribution in [0.1, 0.15) is 64.4 Å². The molecule has 4 aromatic rings. The summed E-state index contributed by atoms with van der Waals surface area (Å²) >= 11 is -1.38. The van der Waals surface area contributed by atoms with Gasteiger partial charge in [-0.1, -0.05) is 0 Å². The zero-order valence-electron chi connectivity index (χ0n) is 24.8. The van der Waals surface area contributed by atoms with Crippen molar-refractivity contribution >= 4 is 28.2 Å². The first-order chi connectivity index (χ1) is 19.9. The molecule has 2 aromatic carbocycles. The lowest BCUT2D eigenvalue weighted by molar-refractivity contribution is -0.142. The van der Waals surface area contributed by atoms with Gasteiger partial charge in [-0.25, -0.2) is 8.78 Å². The number of ether oxygens (including phenoxy) is 2. The fourth-order valence-electron chi connectivity index (χ4n) is 4.60. The number of hydrogen-bond acceptors (Lipinski definition) is 6. The third-order valence-corrected chi connectivity index (χ3v) is 8.21. The molecule has 42 heavy (non-hydrogen) atoms. The summed E-state index contributed by atoms with van der Waals surface area (Å²) in [6.07, 6.45) is 3.39. The highest BCUT2D eigenvalue weighted by Gasteiger charge is 2.27. The largest absolute Gasteiger partial charge is 0.598 e. The summed E-state index contributed by atoms with van der Waals surface area (Å²) < 4.78 is 58.0. The Morgan fingerprint density at radius 2 is 1.88 bits per heavy atom. The van der Waals surface area contributed by atoms with E-state index in [0.717, 1.165) is 16.5 Å². The number of hydrogen-bond donors (Lipinski definition) is 1. The second-order valence-corrected chi connectivity index (χ2v) is 13.3. The molecule has 0 spiro atoms. The Bertz CT molecular complexity index is 1570. The Hall–Kier alpha value is -3.47. The van der Waals surface area contributed by atoms with Crippen molar-refractivity contribution in [1.29, 1.82) is 0 Å². The van der Waals surface area contributed by atoms with Gasteiger partial charge in [0.15, 0.2) is 5.82 Å². The average Bonchev–Trinajstić information content (AvgIpc) is 3.35. The lowest BCUT2D eigenvalue weighted by Gasteiger charge is -2.23. The van der Waals surface area contributed by atoms with Crippen molar-refractivity contribution in [3.05, 3.63) is 83.3 Å². The van der Waals surface area contributed by atoms with Gasteiger partial charge in [0.05, 0.1) is 25.3 Å². The van der Waals surface area contributed by atoms with E-state index >= 15 is 4.39 Å². The van der Waals surface area contributed by atoms with Gasteiger partial charge in [-0.05, 0) is 95.1 Å². The van der Waals surface area contributed by atoms with Crippen molar-refractivity contribution in [1.82, 2.24) is 14.3 Å². The number of halogens is 2. The smallest absolute Gasteiger partial charge is 0.310 e. The van der Waals surface area contributed by atoms with Crippen molar-refractivity contribution in [2.45, 2.75) is 71.9 Å². The van der Waals surface area contributed by atoms with E-state index in [9.17, 15) is 13.7 Å².